The molecular formula is C18H28IN7O2. The molecule has 2 rings (SSSR count). The third-order valence-electron chi connectivity index (χ3n) is 3.89. The Labute approximate surface area is 182 Å². The molecule has 0 spiro atoms. The maximum atomic E-state index is 10.7. The Morgan fingerprint density at radius 3 is 2.61 bits per heavy atom. The van der Waals surface area contributed by atoms with Gasteiger partial charge in [0.2, 0.25) is 0 Å². The van der Waals surface area contributed by atoms with Gasteiger partial charge in [-0.1, -0.05) is 19.1 Å². The van der Waals surface area contributed by atoms with Gasteiger partial charge in [-0.05, 0) is 24.1 Å². The number of aliphatic imine (C=N–C) groups is 1. The van der Waals surface area contributed by atoms with Crippen molar-refractivity contribution in [2.75, 3.05) is 26.7 Å². The van der Waals surface area contributed by atoms with Crippen molar-refractivity contribution >= 4 is 35.8 Å². The number of guanidine groups is 1. The van der Waals surface area contributed by atoms with Crippen LogP contribution in [-0.4, -0.2) is 53.4 Å². The van der Waals surface area contributed by atoms with Crippen molar-refractivity contribution in [3.63, 3.8) is 0 Å². The van der Waals surface area contributed by atoms with Crippen LogP contribution in [0, 0.1) is 0 Å². The van der Waals surface area contributed by atoms with E-state index in [9.17, 15) is 4.79 Å². The number of nitrogens with zero attached hydrogens (tertiary/aromatic N) is 4. The van der Waals surface area contributed by atoms with Gasteiger partial charge in [-0.3, -0.25) is 9.79 Å². The van der Waals surface area contributed by atoms with E-state index in [1.165, 1.54) is 0 Å². The molecule has 0 aliphatic rings. The minimum atomic E-state index is -0.489. The molecule has 0 fully saturated rings. The molecular weight excluding hydrogens is 473 g/mol. The van der Waals surface area contributed by atoms with Crippen LogP contribution in [0.25, 0.3) is 0 Å². The number of rotatable bonds is 10. The lowest BCUT2D eigenvalue weighted by Crippen LogP contribution is -2.39. The lowest BCUT2D eigenvalue weighted by Gasteiger charge is -2.13. The van der Waals surface area contributed by atoms with E-state index in [1.807, 2.05) is 28.8 Å². The second-order valence-electron chi connectivity index (χ2n) is 5.87. The van der Waals surface area contributed by atoms with E-state index in [2.05, 4.69) is 32.7 Å². The molecule has 0 saturated carbocycles. The lowest BCUT2D eigenvalue weighted by atomic mass is 10.1. The summed E-state index contributed by atoms with van der Waals surface area (Å²) in [5.74, 6) is 1.87. The fraction of sp³-hybridized carbons (Fsp3) is 0.444. The molecule has 1 aromatic carbocycles. The predicted molar refractivity (Wildman–Crippen MR) is 119 cm³/mol. The number of ether oxygens (including phenoxy) is 1. The summed E-state index contributed by atoms with van der Waals surface area (Å²) in [6.45, 7) is 4.21. The van der Waals surface area contributed by atoms with E-state index in [-0.39, 0.29) is 30.6 Å². The quantitative estimate of drug-likeness (QED) is 0.251. The van der Waals surface area contributed by atoms with Crippen LogP contribution in [0.15, 0.2) is 35.6 Å². The number of nitrogens with two attached hydrogens (primary N) is 1. The third kappa shape index (κ3) is 8.11. The van der Waals surface area contributed by atoms with Crippen LogP contribution < -0.4 is 21.1 Å². The van der Waals surface area contributed by atoms with Crippen molar-refractivity contribution in [2.24, 2.45) is 10.7 Å². The number of benzene rings is 1. The first kappa shape index (κ1) is 23.7. The molecule has 0 bridgehead atoms. The number of hydrogen-bond acceptors (Lipinski definition) is 5. The molecule has 10 heteroatoms. The molecule has 0 radical (unpaired) electrons. The van der Waals surface area contributed by atoms with Gasteiger partial charge in [0.1, 0.15) is 17.9 Å². The Balaban J connectivity index is 0.00000392. The SMILES string of the molecule is CCc1nncn1CCNC(=NC)NCCc1ccc(OCC(N)=O)cc1.I. The number of nitrogens with one attached hydrogen (secondary N) is 2. The van der Waals surface area contributed by atoms with Crippen LogP contribution in [0.2, 0.25) is 0 Å². The summed E-state index contributed by atoms with van der Waals surface area (Å²) in [6.07, 6.45) is 3.44. The van der Waals surface area contributed by atoms with E-state index >= 15 is 0 Å². The van der Waals surface area contributed by atoms with E-state index in [1.54, 1.807) is 13.4 Å². The second kappa shape index (κ2) is 12.9. The number of carbonyl (C=O) groups excluding carboxylic acids is 1. The van der Waals surface area contributed by atoms with Gasteiger partial charge in [0.05, 0.1) is 0 Å². The van der Waals surface area contributed by atoms with Gasteiger partial charge in [-0.15, -0.1) is 34.2 Å². The Bertz CT molecular complexity index is 747. The van der Waals surface area contributed by atoms with Crippen molar-refractivity contribution in [3.05, 3.63) is 42.0 Å². The topological polar surface area (TPSA) is 119 Å². The minimum Gasteiger partial charge on any atom is -0.484 e. The average Bonchev–Trinajstić information content (AvgIpc) is 3.13. The first-order valence-electron chi connectivity index (χ1n) is 8.93. The second-order valence-corrected chi connectivity index (χ2v) is 5.87. The zero-order valence-corrected chi connectivity index (χ0v) is 18.6. The van der Waals surface area contributed by atoms with Gasteiger partial charge >= 0.3 is 0 Å². The van der Waals surface area contributed by atoms with Gasteiger partial charge in [0.25, 0.3) is 5.91 Å². The number of amides is 1. The lowest BCUT2D eigenvalue weighted by molar-refractivity contribution is -0.119. The highest BCUT2D eigenvalue weighted by Crippen LogP contribution is 2.12. The van der Waals surface area contributed by atoms with Crippen LogP contribution >= 0.6 is 24.0 Å². The van der Waals surface area contributed by atoms with Crippen LogP contribution in [0.1, 0.15) is 18.3 Å². The molecule has 2 aromatic rings. The van der Waals surface area contributed by atoms with Gasteiger partial charge < -0.3 is 25.7 Å². The van der Waals surface area contributed by atoms with Crippen molar-refractivity contribution in [1.82, 2.24) is 25.4 Å². The number of carbonyl (C=O) groups is 1. The zero-order valence-electron chi connectivity index (χ0n) is 16.2. The van der Waals surface area contributed by atoms with E-state index in [4.69, 9.17) is 10.5 Å². The molecule has 1 aromatic heterocycles. The Morgan fingerprint density at radius 1 is 1.25 bits per heavy atom. The molecule has 0 atom stereocenters. The number of primary amides is 1. The summed E-state index contributed by atoms with van der Waals surface area (Å²) in [7, 11) is 1.75. The fourth-order valence-electron chi connectivity index (χ4n) is 2.49. The molecule has 0 unspecified atom stereocenters. The van der Waals surface area contributed by atoms with Crippen LogP contribution in [-0.2, 0) is 24.2 Å². The van der Waals surface area contributed by atoms with Gasteiger partial charge in [0, 0.05) is 33.1 Å². The summed E-state index contributed by atoms with van der Waals surface area (Å²) in [5.41, 5.74) is 6.21. The fourth-order valence-corrected chi connectivity index (χ4v) is 2.49. The molecule has 28 heavy (non-hydrogen) atoms. The Hall–Kier alpha value is -2.37. The number of hydrogen-bond donors (Lipinski definition) is 3. The van der Waals surface area contributed by atoms with Crippen molar-refractivity contribution in [3.8, 4) is 5.75 Å². The smallest absolute Gasteiger partial charge is 0.255 e. The molecule has 0 aliphatic carbocycles. The molecule has 9 nitrogen and oxygen atoms in total. The summed E-state index contributed by atoms with van der Waals surface area (Å²) in [5, 5.41) is 14.6. The van der Waals surface area contributed by atoms with Crippen LogP contribution in [0.4, 0.5) is 0 Å². The summed E-state index contributed by atoms with van der Waals surface area (Å²) < 4.78 is 7.27. The highest BCUT2D eigenvalue weighted by molar-refractivity contribution is 14.0. The van der Waals surface area contributed by atoms with Gasteiger partial charge in [-0.25, -0.2) is 0 Å². The third-order valence-corrected chi connectivity index (χ3v) is 3.89. The summed E-state index contributed by atoms with van der Waals surface area (Å²) in [4.78, 5) is 14.9. The van der Waals surface area contributed by atoms with Gasteiger partial charge in [0.15, 0.2) is 12.6 Å². The van der Waals surface area contributed by atoms with Crippen LogP contribution in [0.5, 0.6) is 5.75 Å². The van der Waals surface area contributed by atoms with Crippen molar-refractivity contribution in [1.29, 1.82) is 0 Å². The van der Waals surface area contributed by atoms with E-state index in [0.29, 0.717) is 5.75 Å². The molecule has 4 N–H and O–H groups in total. The van der Waals surface area contributed by atoms with Crippen molar-refractivity contribution < 1.29 is 9.53 Å². The molecule has 0 aliphatic heterocycles. The molecule has 1 heterocycles. The summed E-state index contributed by atoms with van der Waals surface area (Å²) >= 11 is 0. The Kier molecular flexibility index (Phi) is 10.9. The zero-order chi connectivity index (χ0) is 19.5. The molecule has 0 saturated heterocycles. The molecule has 154 valence electrons. The maximum absolute atomic E-state index is 10.7. The number of halogens is 1. The minimum absolute atomic E-state index is 0. The Morgan fingerprint density at radius 2 is 1.96 bits per heavy atom. The predicted octanol–water partition coefficient (Wildman–Crippen LogP) is 0.730. The highest BCUT2D eigenvalue weighted by Gasteiger charge is 2.03. The number of aryl methyl sites for hydroxylation is 1. The highest BCUT2D eigenvalue weighted by atomic mass is 127. The normalized spacial score (nSPS) is 10.9. The van der Waals surface area contributed by atoms with E-state index < -0.39 is 5.91 Å². The van der Waals surface area contributed by atoms with Gasteiger partial charge in [-0.2, -0.15) is 0 Å². The van der Waals surface area contributed by atoms with Crippen molar-refractivity contribution in [2.45, 2.75) is 26.3 Å². The van der Waals surface area contributed by atoms with E-state index in [0.717, 1.165) is 49.8 Å². The first-order valence-corrected chi connectivity index (χ1v) is 8.93. The van der Waals surface area contributed by atoms with Crippen LogP contribution in [0.3, 0.4) is 0 Å². The first-order chi connectivity index (χ1) is 13.1. The number of aromatic nitrogens is 3. The standard InChI is InChI=1S/C18H27N7O2.HI/c1-3-17-24-23-13-25(17)11-10-22-18(20-2)21-9-8-14-4-6-15(7-5-14)27-12-16(19)26;/h4-7,13H,3,8-12H2,1-2H3,(H2,19,26)(H2,20,21,22);1H. The average molecular weight is 501 g/mol. The molecule has 1 amide bonds. The maximum Gasteiger partial charge on any atom is 0.255 e. The summed E-state index contributed by atoms with van der Waals surface area (Å²) in [6, 6.07) is 7.59. The largest absolute Gasteiger partial charge is 0.484 e. The monoisotopic (exact) mass is 501 g/mol.